The van der Waals surface area contributed by atoms with E-state index in [2.05, 4.69) is 5.32 Å². The first-order valence-electron chi connectivity index (χ1n) is 11.6. The minimum atomic E-state index is -1.33. The summed E-state index contributed by atoms with van der Waals surface area (Å²) < 4.78 is 13.3. The van der Waals surface area contributed by atoms with Crippen LogP contribution in [0.3, 0.4) is 0 Å². The maximum absolute atomic E-state index is 12.7. The van der Waals surface area contributed by atoms with Gasteiger partial charge in [0.15, 0.2) is 6.04 Å². The van der Waals surface area contributed by atoms with Crippen LogP contribution >= 0.6 is 11.6 Å². The molecule has 7 nitrogen and oxygen atoms in total. The predicted octanol–water partition coefficient (Wildman–Crippen LogP) is 5.59. The van der Waals surface area contributed by atoms with E-state index in [0.29, 0.717) is 10.8 Å². The molecule has 0 bridgehead atoms. The lowest BCUT2D eigenvalue weighted by atomic mass is 9.98. The molecule has 2 N–H and O–H groups in total. The number of aliphatic carboxylic acids is 1. The Balaban J connectivity index is 1.26. The van der Waals surface area contributed by atoms with E-state index < -0.39 is 24.2 Å². The molecule has 1 amide bonds. The number of amides is 1. The van der Waals surface area contributed by atoms with Crippen LogP contribution in [0.4, 0.5) is 4.79 Å². The number of nitrogens with one attached hydrogen (secondary N) is 1. The number of benzene rings is 3. The molecule has 0 saturated heterocycles. The standard InChI is InChI=1S/C28H25ClN2O5/c1-16(36-18-13-17-11-12-31(2)26(17)24(29)14-18)25(27(32)33)30-28(34)35-15-23-21-9-5-3-7-19(21)20-8-4-6-10-22(20)23/h3-14,16,23,25H,15H2,1-2H3,(H,30,34)(H,32,33). The molecule has 1 heterocycles. The van der Waals surface area contributed by atoms with Crippen LogP contribution in [0.5, 0.6) is 5.75 Å². The van der Waals surface area contributed by atoms with Gasteiger partial charge in [0.05, 0.1) is 10.5 Å². The fraction of sp³-hybridized carbons (Fsp3) is 0.214. The zero-order valence-electron chi connectivity index (χ0n) is 19.8. The monoisotopic (exact) mass is 504 g/mol. The van der Waals surface area contributed by atoms with Gasteiger partial charge in [-0.3, -0.25) is 0 Å². The van der Waals surface area contributed by atoms with Gasteiger partial charge in [0.1, 0.15) is 18.5 Å². The van der Waals surface area contributed by atoms with E-state index in [9.17, 15) is 14.7 Å². The molecule has 8 heteroatoms. The number of carboxylic acid groups (broad SMARTS) is 1. The third-order valence-corrected chi connectivity index (χ3v) is 6.86. The number of aryl methyl sites for hydroxylation is 1. The minimum absolute atomic E-state index is 0.0850. The lowest BCUT2D eigenvalue weighted by Gasteiger charge is -2.23. The van der Waals surface area contributed by atoms with E-state index >= 15 is 0 Å². The number of hydrogen-bond acceptors (Lipinski definition) is 4. The molecule has 2 atom stereocenters. The lowest BCUT2D eigenvalue weighted by molar-refractivity contribution is -0.141. The van der Waals surface area contributed by atoms with Crippen LogP contribution in [-0.4, -0.2) is 40.5 Å². The summed E-state index contributed by atoms with van der Waals surface area (Å²) in [5, 5.41) is 13.6. The van der Waals surface area contributed by atoms with Crippen molar-refractivity contribution in [1.29, 1.82) is 0 Å². The number of halogens is 1. The van der Waals surface area contributed by atoms with E-state index in [-0.39, 0.29) is 12.5 Å². The van der Waals surface area contributed by atoms with Gasteiger partial charge in [0.25, 0.3) is 0 Å². The van der Waals surface area contributed by atoms with Crippen LogP contribution in [-0.2, 0) is 16.6 Å². The van der Waals surface area contributed by atoms with Gasteiger partial charge in [-0.05, 0) is 41.3 Å². The normalized spacial score (nSPS) is 14.1. The number of nitrogens with zero attached hydrogens (tertiary/aromatic N) is 1. The van der Waals surface area contributed by atoms with Crippen LogP contribution in [0.25, 0.3) is 22.0 Å². The molecule has 1 aliphatic rings. The van der Waals surface area contributed by atoms with Gasteiger partial charge >= 0.3 is 12.1 Å². The highest BCUT2D eigenvalue weighted by molar-refractivity contribution is 6.35. The molecule has 1 aromatic heterocycles. The Morgan fingerprint density at radius 3 is 2.33 bits per heavy atom. The summed E-state index contributed by atoms with van der Waals surface area (Å²) in [6.07, 6.45) is 0.166. The number of ether oxygens (including phenoxy) is 2. The van der Waals surface area contributed by atoms with Crippen molar-refractivity contribution in [3.05, 3.63) is 89.1 Å². The number of aromatic nitrogens is 1. The zero-order chi connectivity index (χ0) is 25.4. The summed E-state index contributed by atoms with van der Waals surface area (Å²) in [5.41, 5.74) is 5.23. The largest absolute Gasteiger partial charge is 0.488 e. The Kier molecular flexibility index (Phi) is 6.33. The molecule has 0 fully saturated rings. The average Bonchev–Trinajstić information content (AvgIpc) is 3.39. The Morgan fingerprint density at radius 1 is 1.06 bits per heavy atom. The van der Waals surface area contributed by atoms with Gasteiger partial charge in [0.2, 0.25) is 0 Å². The number of carbonyl (C=O) groups excluding carboxylic acids is 1. The van der Waals surface area contributed by atoms with Gasteiger partial charge in [0, 0.05) is 30.6 Å². The number of hydrogen-bond donors (Lipinski definition) is 2. The second kappa shape index (κ2) is 9.59. The summed E-state index contributed by atoms with van der Waals surface area (Å²) >= 11 is 6.39. The molecule has 0 spiro atoms. The summed E-state index contributed by atoms with van der Waals surface area (Å²) in [6.45, 7) is 1.66. The second-order valence-electron chi connectivity index (χ2n) is 8.88. The lowest BCUT2D eigenvalue weighted by Crippen LogP contribution is -2.50. The van der Waals surface area contributed by atoms with Crippen LogP contribution in [0.2, 0.25) is 5.02 Å². The smallest absolute Gasteiger partial charge is 0.407 e. The summed E-state index contributed by atoms with van der Waals surface area (Å²) in [5.74, 6) is -0.950. The van der Waals surface area contributed by atoms with Crippen molar-refractivity contribution in [3.8, 4) is 16.9 Å². The maximum Gasteiger partial charge on any atom is 0.407 e. The van der Waals surface area contributed by atoms with Crippen molar-refractivity contribution in [2.45, 2.75) is 25.0 Å². The first kappa shape index (κ1) is 23.8. The van der Waals surface area contributed by atoms with E-state index in [0.717, 1.165) is 33.2 Å². The van der Waals surface area contributed by atoms with E-state index in [4.69, 9.17) is 21.1 Å². The molecule has 0 aliphatic heterocycles. The van der Waals surface area contributed by atoms with Crippen LogP contribution < -0.4 is 10.1 Å². The van der Waals surface area contributed by atoms with Crippen molar-refractivity contribution < 1.29 is 24.2 Å². The van der Waals surface area contributed by atoms with Gasteiger partial charge in [-0.1, -0.05) is 60.1 Å². The highest BCUT2D eigenvalue weighted by Gasteiger charge is 2.32. The molecule has 184 valence electrons. The number of rotatable bonds is 7. The predicted molar refractivity (Wildman–Crippen MR) is 138 cm³/mol. The highest BCUT2D eigenvalue weighted by Crippen LogP contribution is 2.44. The summed E-state index contributed by atoms with van der Waals surface area (Å²) in [7, 11) is 1.89. The van der Waals surface area contributed by atoms with Crippen LogP contribution in [0.1, 0.15) is 24.0 Å². The summed E-state index contributed by atoms with van der Waals surface area (Å²) in [4.78, 5) is 24.6. The van der Waals surface area contributed by atoms with Crippen molar-refractivity contribution in [2.24, 2.45) is 7.05 Å². The molecule has 2 unspecified atom stereocenters. The molecule has 5 rings (SSSR count). The second-order valence-corrected chi connectivity index (χ2v) is 9.29. The zero-order valence-corrected chi connectivity index (χ0v) is 20.5. The molecule has 3 aromatic carbocycles. The molecular weight excluding hydrogens is 480 g/mol. The number of carbonyl (C=O) groups is 2. The van der Waals surface area contributed by atoms with Crippen LogP contribution in [0.15, 0.2) is 72.9 Å². The molecule has 0 saturated carbocycles. The average molecular weight is 505 g/mol. The molecule has 36 heavy (non-hydrogen) atoms. The SMILES string of the molecule is CC(Oc1cc(Cl)c2c(ccn2C)c1)C(NC(=O)OCC1c2ccccc2-c2ccccc21)C(=O)O. The molecular formula is C28H25ClN2O5. The van der Waals surface area contributed by atoms with Crippen molar-refractivity contribution in [1.82, 2.24) is 9.88 Å². The van der Waals surface area contributed by atoms with Crippen molar-refractivity contribution >= 4 is 34.6 Å². The molecule has 0 radical (unpaired) electrons. The van der Waals surface area contributed by atoms with E-state index in [1.54, 1.807) is 19.1 Å². The van der Waals surface area contributed by atoms with E-state index in [1.807, 2.05) is 72.4 Å². The van der Waals surface area contributed by atoms with E-state index in [1.165, 1.54) is 0 Å². The molecule has 4 aromatic rings. The third-order valence-electron chi connectivity index (χ3n) is 6.57. The number of fused-ring (bicyclic) bond motifs is 4. The van der Waals surface area contributed by atoms with Gasteiger partial charge in [-0.2, -0.15) is 0 Å². The molecule has 1 aliphatic carbocycles. The highest BCUT2D eigenvalue weighted by atomic mass is 35.5. The summed E-state index contributed by atoms with van der Waals surface area (Å²) in [6, 6.07) is 20.0. The fourth-order valence-electron chi connectivity index (χ4n) is 4.86. The van der Waals surface area contributed by atoms with Gasteiger partial charge < -0.3 is 24.5 Å². The first-order chi connectivity index (χ1) is 17.3. The number of carboxylic acids is 1. The minimum Gasteiger partial charge on any atom is -0.488 e. The number of alkyl carbamates (subject to hydrolysis) is 1. The van der Waals surface area contributed by atoms with Gasteiger partial charge in [-0.25, -0.2) is 9.59 Å². The Bertz CT molecular complexity index is 1420. The third kappa shape index (κ3) is 4.38. The maximum atomic E-state index is 12.7. The Hall–Kier alpha value is -3.97. The van der Waals surface area contributed by atoms with Gasteiger partial charge in [-0.15, -0.1) is 0 Å². The Morgan fingerprint density at radius 2 is 1.69 bits per heavy atom. The fourth-order valence-corrected chi connectivity index (χ4v) is 5.21. The quantitative estimate of drug-likeness (QED) is 0.342. The van der Waals surface area contributed by atoms with Crippen LogP contribution in [0, 0.1) is 0 Å². The topological polar surface area (TPSA) is 89.8 Å². The van der Waals surface area contributed by atoms with Crippen molar-refractivity contribution in [2.75, 3.05) is 6.61 Å². The van der Waals surface area contributed by atoms with Crippen molar-refractivity contribution in [3.63, 3.8) is 0 Å². The first-order valence-corrected chi connectivity index (χ1v) is 12.0. The Labute approximate surface area is 213 Å².